The maximum absolute atomic E-state index is 10.9. The number of aromatic nitrogens is 2. The molecule has 5 heteroatoms. The molecule has 0 saturated carbocycles. The van der Waals surface area contributed by atoms with Crippen molar-refractivity contribution >= 4 is 22.5 Å². The average Bonchev–Trinajstić information content (AvgIpc) is 2.28. The third-order valence-electron chi connectivity index (χ3n) is 1.83. The van der Waals surface area contributed by atoms with E-state index in [-0.39, 0.29) is 5.69 Å². The number of nitrogens with zero attached hydrogens (tertiary/aromatic N) is 2. The van der Waals surface area contributed by atoms with Crippen molar-refractivity contribution in [2.75, 3.05) is 5.73 Å². The molecule has 1 heterocycles. The van der Waals surface area contributed by atoms with Crippen LogP contribution in [-0.2, 0) is 13.5 Å². The third kappa shape index (κ3) is 1.83. The summed E-state index contributed by atoms with van der Waals surface area (Å²) in [6, 6.07) is 0. The maximum Gasteiger partial charge on any atom is 0.272 e. The van der Waals surface area contributed by atoms with E-state index in [9.17, 15) is 4.79 Å². The first-order valence-corrected chi connectivity index (χ1v) is 4.46. The van der Waals surface area contributed by atoms with Crippen LogP contribution in [0.25, 0.3) is 0 Å². The third-order valence-corrected chi connectivity index (χ3v) is 2.01. The highest BCUT2D eigenvalue weighted by Gasteiger charge is 2.17. The van der Waals surface area contributed by atoms with E-state index in [1.54, 1.807) is 7.05 Å². The van der Waals surface area contributed by atoms with Crippen LogP contribution in [0.2, 0.25) is 0 Å². The highest BCUT2D eigenvalue weighted by Crippen LogP contribution is 2.19. The summed E-state index contributed by atoms with van der Waals surface area (Å²) in [5.41, 5.74) is 7.14. The Morgan fingerprint density at radius 3 is 2.69 bits per heavy atom. The summed E-state index contributed by atoms with van der Waals surface area (Å²) in [6.07, 6.45) is 1.71. The Balaban J connectivity index is 3.14. The highest BCUT2D eigenvalue weighted by atomic mass is 35.5. The number of nitrogens with two attached hydrogens (primary N) is 1. The zero-order valence-electron chi connectivity index (χ0n) is 7.67. The molecule has 0 aliphatic carbocycles. The van der Waals surface area contributed by atoms with E-state index in [4.69, 9.17) is 17.3 Å². The molecule has 13 heavy (non-hydrogen) atoms. The summed E-state index contributed by atoms with van der Waals surface area (Å²) in [4.78, 5) is 10.9. The molecular formula is C8H12ClN3O. The molecule has 0 saturated heterocycles. The quantitative estimate of drug-likeness (QED) is 0.751. The van der Waals surface area contributed by atoms with Gasteiger partial charge in [0.15, 0.2) is 0 Å². The van der Waals surface area contributed by atoms with Gasteiger partial charge in [-0.05, 0) is 18.0 Å². The first-order chi connectivity index (χ1) is 6.07. The second kappa shape index (κ2) is 3.79. The monoisotopic (exact) mass is 201 g/mol. The normalized spacial score (nSPS) is 10.4. The fourth-order valence-electron chi connectivity index (χ4n) is 1.25. The second-order valence-electron chi connectivity index (χ2n) is 2.86. The molecule has 1 rings (SSSR count). The van der Waals surface area contributed by atoms with Crippen molar-refractivity contribution in [1.29, 1.82) is 0 Å². The van der Waals surface area contributed by atoms with Crippen LogP contribution in [0.15, 0.2) is 0 Å². The molecule has 2 N–H and O–H groups in total. The fraction of sp³-hybridized carbons (Fsp3) is 0.500. The minimum absolute atomic E-state index is 0.283. The van der Waals surface area contributed by atoms with Gasteiger partial charge in [-0.1, -0.05) is 13.3 Å². The lowest BCUT2D eigenvalue weighted by atomic mass is 10.2. The zero-order chi connectivity index (χ0) is 10.0. The van der Waals surface area contributed by atoms with Crippen LogP contribution in [0.1, 0.15) is 29.5 Å². The van der Waals surface area contributed by atoms with Crippen molar-refractivity contribution in [3.05, 3.63) is 11.4 Å². The van der Waals surface area contributed by atoms with Gasteiger partial charge in [0.05, 0.1) is 11.4 Å². The van der Waals surface area contributed by atoms with Gasteiger partial charge in [-0.25, -0.2) is 0 Å². The predicted octanol–water partition coefficient (Wildman–Crippen LogP) is 1.33. The Labute approximate surface area is 81.7 Å². The topological polar surface area (TPSA) is 60.9 Å². The van der Waals surface area contributed by atoms with Crippen LogP contribution < -0.4 is 5.73 Å². The summed E-state index contributed by atoms with van der Waals surface area (Å²) >= 11 is 5.35. The van der Waals surface area contributed by atoms with Gasteiger partial charge in [0.25, 0.3) is 5.24 Å². The van der Waals surface area contributed by atoms with E-state index in [1.165, 1.54) is 4.68 Å². The lowest BCUT2D eigenvalue weighted by molar-refractivity contribution is 0.107. The van der Waals surface area contributed by atoms with Gasteiger partial charge in [0, 0.05) is 7.05 Å². The van der Waals surface area contributed by atoms with Crippen molar-refractivity contribution in [3.63, 3.8) is 0 Å². The van der Waals surface area contributed by atoms with Crippen LogP contribution >= 0.6 is 11.6 Å². The van der Waals surface area contributed by atoms with E-state index in [1.807, 2.05) is 6.92 Å². The van der Waals surface area contributed by atoms with Crippen LogP contribution in [0.4, 0.5) is 5.69 Å². The van der Waals surface area contributed by atoms with Crippen LogP contribution in [0, 0.1) is 0 Å². The first-order valence-electron chi connectivity index (χ1n) is 4.09. The number of halogens is 1. The van der Waals surface area contributed by atoms with E-state index < -0.39 is 5.24 Å². The minimum Gasteiger partial charge on any atom is -0.395 e. The van der Waals surface area contributed by atoms with E-state index in [0.717, 1.165) is 18.5 Å². The minimum atomic E-state index is -0.560. The van der Waals surface area contributed by atoms with Crippen molar-refractivity contribution in [2.45, 2.75) is 19.8 Å². The Kier molecular flexibility index (Phi) is 2.93. The van der Waals surface area contributed by atoms with E-state index in [2.05, 4.69) is 5.10 Å². The molecule has 0 atom stereocenters. The number of hydrogen-bond donors (Lipinski definition) is 1. The Bertz CT molecular complexity index is 332. The second-order valence-corrected chi connectivity index (χ2v) is 3.20. The van der Waals surface area contributed by atoms with Gasteiger partial charge in [-0.2, -0.15) is 5.10 Å². The molecule has 1 aromatic heterocycles. The van der Waals surface area contributed by atoms with E-state index in [0.29, 0.717) is 5.69 Å². The molecule has 0 fully saturated rings. The van der Waals surface area contributed by atoms with Crippen LogP contribution in [0.5, 0.6) is 0 Å². The molecule has 0 aliphatic heterocycles. The number of hydrogen-bond acceptors (Lipinski definition) is 3. The Morgan fingerprint density at radius 1 is 1.69 bits per heavy atom. The molecule has 0 amide bonds. The number of carbonyl (C=O) groups excluding carboxylic acids is 1. The first kappa shape index (κ1) is 10.1. The van der Waals surface area contributed by atoms with Crippen LogP contribution in [-0.4, -0.2) is 15.0 Å². The van der Waals surface area contributed by atoms with Gasteiger partial charge in [-0.15, -0.1) is 0 Å². The van der Waals surface area contributed by atoms with Gasteiger partial charge in [-0.3, -0.25) is 9.48 Å². The summed E-state index contributed by atoms with van der Waals surface area (Å²) in [5, 5.41) is 3.55. The molecule has 0 bridgehead atoms. The lowest BCUT2D eigenvalue weighted by Crippen LogP contribution is -2.03. The van der Waals surface area contributed by atoms with Crippen LogP contribution in [0.3, 0.4) is 0 Å². The predicted molar refractivity (Wildman–Crippen MR) is 51.8 cm³/mol. The Hall–Kier alpha value is -1.03. The van der Waals surface area contributed by atoms with Gasteiger partial charge in [0.1, 0.15) is 5.69 Å². The number of carbonyl (C=O) groups is 1. The molecule has 0 unspecified atom stereocenters. The summed E-state index contributed by atoms with van der Waals surface area (Å²) in [6.45, 7) is 2.02. The van der Waals surface area contributed by atoms with Crippen molar-refractivity contribution in [2.24, 2.45) is 7.05 Å². The van der Waals surface area contributed by atoms with Crippen molar-refractivity contribution in [3.8, 4) is 0 Å². The molecule has 0 aromatic carbocycles. The fourth-order valence-corrected chi connectivity index (χ4v) is 1.47. The summed E-state index contributed by atoms with van der Waals surface area (Å²) < 4.78 is 1.43. The lowest BCUT2D eigenvalue weighted by Gasteiger charge is -1.94. The van der Waals surface area contributed by atoms with Gasteiger partial charge in [0.2, 0.25) is 0 Å². The number of nitrogen functional groups attached to an aromatic ring is 1. The van der Waals surface area contributed by atoms with E-state index >= 15 is 0 Å². The molecule has 4 nitrogen and oxygen atoms in total. The highest BCUT2D eigenvalue weighted by molar-refractivity contribution is 6.68. The summed E-state index contributed by atoms with van der Waals surface area (Å²) in [5.74, 6) is 0. The number of rotatable bonds is 3. The Morgan fingerprint density at radius 2 is 2.31 bits per heavy atom. The van der Waals surface area contributed by atoms with Gasteiger partial charge < -0.3 is 5.73 Å². The molecule has 0 spiro atoms. The number of aryl methyl sites for hydroxylation is 2. The maximum atomic E-state index is 10.9. The molecule has 0 aliphatic rings. The number of anilines is 1. The summed E-state index contributed by atoms with van der Waals surface area (Å²) in [7, 11) is 1.66. The molecule has 72 valence electrons. The molecular weight excluding hydrogens is 190 g/mol. The zero-order valence-corrected chi connectivity index (χ0v) is 8.43. The smallest absolute Gasteiger partial charge is 0.272 e. The standard InChI is InChI=1S/C8H12ClN3O/c1-3-4-5-6(10)7(8(9)13)12(2)11-5/h3-4,10H2,1-2H3. The largest absolute Gasteiger partial charge is 0.395 e. The molecule has 1 aromatic rings. The van der Waals surface area contributed by atoms with Gasteiger partial charge >= 0.3 is 0 Å². The molecule has 0 radical (unpaired) electrons. The SMILES string of the molecule is CCCc1nn(C)c(C(=O)Cl)c1N. The van der Waals surface area contributed by atoms with Crippen molar-refractivity contribution in [1.82, 2.24) is 9.78 Å². The average molecular weight is 202 g/mol. The van der Waals surface area contributed by atoms with Crippen molar-refractivity contribution < 1.29 is 4.79 Å².